The van der Waals surface area contributed by atoms with Gasteiger partial charge in [-0.2, -0.15) is 15.0 Å². The predicted octanol–water partition coefficient (Wildman–Crippen LogP) is 2.60. The number of methoxy groups -OCH3 is 1. The third kappa shape index (κ3) is 4.94. The first-order valence-electron chi connectivity index (χ1n) is 10.8. The van der Waals surface area contributed by atoms with Crippen molar-refractivity contribution in [1.29, 1.82) is 0 Å². The van der Waals surface area contributed by atoms with Gasteiger partial charge in [-0.3, -0.25) is 4.79 Å². The monoisotopic (exact) mass is 462 g/mol. The second-order valence-electron chi connectivity index (χ2n) is 6.79. The number of nitrogens with zero attached hydrogens (tertiary/aromatic N) is 5. The van der Waals surface area contributed by atoms with Crippen LogP contribution in [0.3, 0.4) is 0 Å². The van der Waals surface area contributed by atoms with E-state index in [-0.39, 0.29) is 39.6 Å². The van der Waals surface area contributed by atoms with Crippen LogP contribution < -0.4 is 15.4 Å². The van der Waals surface area contributed by atoms with Crippen molar-refractivity contribution < 1.29 is 23.2 Å². The number of hydrogen-bond donors (Lipinski definition) is 2. The number of carbonyl (C=O) groups excluding carboxylic acids is 2. The summed E-state index contributed by atoms with van der Waals surface area (Å²) in [5.41, 5.74) is 0.858. The van der Waals surface area contributed by atoms with Gasteiger partial charge >= 0.3 is 5.97 Å². The van der Waals surface area contributed by atoms with Crippen LogP contribution in [0.5, 0.6) is 5.75 Å². The fraction of sp³-hybridized carbons (Fsp3) is 0.300. The number of nitrogens with one attached hydrogen (secondary N) is 2. The van der Waals surface area contributed by atoms with Crippen LogP contribution in [0.25, 0.3) is 11.3 Å². The molecule has 0 aliphatic carbocycles. The van der Waals surface area contributed by atoms with Crippen LogP contribution in [-0.2, 0) is 11.8 Å². The highest BCUT2D eigenvalue weighted by atomic mass is 35.5. The average molecular weight is 463 g/mol. The van der Waals surface area contributed by atoms with E-state index in [9.17, 15) is 9.59 Å². The maximum absolute atomic E-state index is 12.7. The molecule has 1 aromatic carbocycles. The number of aromatic nitrogens is 5. The summed E-state index contributed by atoms with van der Waals surface area (Å²) in [7, 11) is 3.04. The van der Waals surface area contributed by atoms with Gasteiger partial charge in [0.05, 0.1) is 36.3 Å². The summed E-state index contributed by atoms with van der Waals surface area (Å²) in [5, 5.41) is 20.4. The van der Waals surface area contributed by atoms with Crippen LogP contribution in [0.1, 0.15) is 38.8 Å². The first kappa shape index (κ1) is 19.0. The molecule has 1 amide bonds. The van der Waals surface area contributed by atoms with Gasteiger partial charge in [-0.25, -0.2) is 4.79 Å². The fourth-order valence-corrected chi connectivity index (χ4v) is 2.98. The molecule has 0 spiro atoms. The molecular formula is C20H22ClN7O4. The van der Waals surface area contributed by atoms with Crippen molar-refractivity contribution in [2.24, 2.45) is 7.05 Å². The third-order valence-electron chi connectivity index (χ3n) is 4.11. The molecule has 0 bridgehead atoms. The summed E-state index contributed by atoms with van der Waals surface area (Å²) in [6, 6.07) is 4.27. The van der Waals surface area contributed by atoms with Gasteiger partial charge in [0.25, 0.3) is 5.91 Å². The van der Waals surface area contributed by atoms with Gasteiger partial charge in [0, 0.05) is 29.8 Å². The Bertz CT molecular complexity index is 1260. The normalized spacial score (nSPS) is 12.5. The molecule has 0 fully saturated rings. The number of esters is 1. The van der Waals surface area contributed by atoms with Crippen molar-refractivity contribution in [3.8, 4) is 17.0 Å². The van der Waals surface area contributed by atoms with Crippen molar-refractivity contribution in [3.63, 3.8) is 0 Å². The molecule has 168 valence electrons. The highest BCUT2D eigenvalue weighted by molar-refractivity contribution is 6.29. The largest absolute Gasteiger partial charge is 0.494 e. The summed E-state index contributed by atoms with van der Waals surface area (Å²) in [5.74, 6) is -1.37. The zero-order valence-corrected chi connectivity index (χ0v) is 18.4. The molecule has 2 aromatic heterocycles. The minimum atomic E-state index is -2.76. The molecule has 3 aromatic rings. The minimum absolute atomic E-state index is 0.0181. The van der Waals surface area contributed by atoms with Crippen molar-refractivity contribution in [2.75, 3.05) is 19.4 Å². The zero-order chi connectivity index (χ0) is 25.9. The smallest absolute Gasteiger partial charge is 0.338 e. The van der Waals surface area contributed by atoms with E-state index in [1.165, 1.54) is 30.2 Å². The molecule has 0 unspecified atom stereocenters. The molecule has 0 aliphatic heterocycles. The van der Waals surface area contributed by atoms with Crippen molar-refractivity contribution in [2.45, 2.75) is 20.0 Å². The highest BCUT2D eigenvalue weighted by Crippen LogP contribution is 2.39. The lowest BCUT2D eigenvalue weighted by molar-refractivity contribution is 0.0378. The summed E-state index contributed by atoms with van der Waals surface area (Å²) >= 11 is 5.98. The second-order valence-corrected chi connectivity index (χ2v) is 7.17. The number of anilines is 2. The van der Waals surface area contributed by atoms with E-state index in [4.69, 9.17) is 25.2 Å². The SMILES string of the molecule is [2H]C([2H])([2H])NC(=O)c1nnc(Cl)cc1Nc1cc(C(=O)OC(C)C)cc(-c2cnn(C)n2)c1OC. The average Bonchev–Trinajstić information content (AvgIpc) is 3.17. The molecule has 12 heteroatoms. The summed E-state index contributed by atoms with van der Waals surface area (Å²) in [6.07, 6.45) is 1.11. The van der Waals surface area contributed by atoms with E-state index < -0.39 is 18.9 Å². The van der Waals surface area contributed by atoms with Gasteiger partial charge in [-0.05, 0) is 26.0 Å². The third-order valence-corrected chi connectivity index (χ3v) is 4.29. The van der Waals surface area contributed by atoms with Crippen molar-refractivity contribution >= 4 is 34.9 Å². The number of ether oxygens (including phenoxy) is 2. The lowest BCUT2D eigenvalue weighted by Crippen LogP contribution is -2.21. The van der Waals surface area contributed by atoms with E-state index in [1.54, 1.807) is 27.0 Å². The Morgan fingerprint density at radius 3 is 2.62 bits per heavy atom. The second kappa shape index (κ2) is 9.60. The molecule has 0 aliphatic rings. The van der Waals surface area contributed by atoms with Crippen LogP contribution in [0.4, 0.5) is 11.4 Å². The molecule has 0 saturated carbocycles. The molecular weight excluding hydrogens is 438 g/mol. The molecule has 0 radical (unpaired) electrons. The van der Waals surface area contributed by atoms with Crippen LogP contribution in [0, 0.1) is 0 Å². The molecule has 2 N–H and O–H groups in total. The molecule has 3 rings (SSSR count). The van der Waals surface area contributed by atoms with E-state index >= 15 is 0 Å². The Morgan fingerprint density at radius 1 is 1.22 bits per heavy atom. The molecule has 11 nitrogen and oxygen atoms in total. The minimum Gasteiger partial charge on any atom is -0.494 e. The standard InChI is InChI=1S/C20H22ClN7O4/c1-10(2)32-20(30)11-6-12(15-9-23-28(4)27-15)18(31-5)14(7-11)24-13-8-16(21)25-26-17(13)19(29)22-3/h6-10H,1-5H3,(H,22,29)(H,24,25)/i3D3. The summed E-state index contributed by atoms with van der Waals surface area (Å²) in [6.45, 7) is 0.669. The number of rotatable bonds is 7. The Kier molecular flexibility index (Phi) is 5.70. The zero-order valence-electron chi connectivity index (χ0n) is 20.6. The number of halogens is 1. The molecule has 0 atom stereocenters. The van der Waals surface area contributed by atoms with E-state index in [2.05, 4.69) is 25.7 Å². The number of amides is 1. The first-order chi connectivity index (χ1) is 16.4. The van der Waals surface area contributed by atoms with Gasteiger partial charge < -0.3 is 20.1 Å². The topological polar surface area (TPSA) is 133 Å². The van der Waals surface area contributed by atoms with Crippen LogP contribution in [0.2, 0.25) is 5.15 Å². The maximum atomic E-state index is 12.7. The molecule has 2 heterocycles. The Balaban J connectivity index is 2.16. The van der Waals surface area contributed by atoms with Crippen LogP contribution in [0.15, 0.2) is 24.4 Å². The summed E-state index contributed by atoms with van der Waals surface area (Å²) < 4.78 is 32.8. The van der Waals surface area contributed by atoms with E-state index in [1.807, 2.05) is 5.32 Å². The molecule has 32 heavy (non-hydrogen) atoms. The van der Waals surface area contributed by atoms with Gasteiger partial charge in [0.15, 0.2) is 16.6 Å². The number of benzene rings is 1. The van der Waals surface area contributed by atoms with Gasteiger partial charge in [0.1, 0.15) is 5.69 Å². The lowest BCUT2D eigenvalue weighted by atomic mass is 10.0. The number of aryl methyl sites for hydroxylation is 1. The van der Waals surface area contributed by atoms with Gasteiger partial charge in [-0.1, -0.05) is 11.6 Å². The Hall–Kier alpha value is -3.73. The molecule has 0 saturated heterocycles. The Labute approximate surface area is 193 Å². The van der Waals surface area contributed by atoms with Gasteiger partial charge in [0.2, 0.25) is 0 Å². The lowest BCUT2D eigenvalue weighted by Gasteiger charge is -2.17. The predicted molar refractivity (Wildman–Crippen MR) is 117 cm³/mol. The number of carbonyl (C=O) groups is 2. The van der Waals surface area contributed by atoms with E-state index in [0.717, 1.165) is 0 Å². The summed E-state index contributed by atoms with van der Waals surface area (Å²) in [4.78, 5) is 26.6. The van der Waals surface area contributed by atoms with Crippen LogP contribution >= 0.6 is 11.6 Å². The first-order valence-corrected chi connectivity index (χ1v) is 9.68. The van der Waals surface area contributed by atoms with Crippen molar-refractivity contribution in [1.82, 2.24) is 30.5 Å². The maximum Gasteiger partial charge on any atom is 0.338 e. The number of hydrogen-bond acceptors (Lipinski definition) is 9. The van der Waals surface area contributed by atoms with Gasteiger partial charge in [-0.15, -0.1) is 10.2 Å². The van der Waals surface area contributed by atoms with Crippen molar-refractivity contribution in [3.05, 3.63) is 40.8 Å². The highest BCUT2D eigenvalue weighted by Gasteiger charge is 2.22. The Morgan fingerprint density at radius 2 is 2.00 bits per heavy atom. The van der Waals surface area contributed by atoms with Crippen LogP contribution in [-0.4, -0.2) is 57.3 Å². The quantitative estimate of drug-likeness (QED) is 0.508. The fourth-order valence-electron chi connectivity index (χ4n) is 2.84. The van der Waals surface area contributed by atoms with E-state index in [0.29, 0.717) is 11.3 Å².